The molecule has 1 aliphatic heterocycles. The number of aliphatic hydroxyl groups excluding tert-OH is 1. The Bertz CT molecular complexity index is 1100. The molecule has 0 saturated carbocycles. The van der Waals surface area contributed by atoms with Crippen LogP contribution in [0.3, 0.4) is 0 Å². The maximum Gasteiger partial charge on any atom is 0.407 e. The number of anilines is 1. The molecule has 0 aromatic heterocycles. The molecule has 5 N–H and O–H groups in total. The van der Waals surface area contributed by atoms with Gasteiger partial charge in [-0.2, -0.15) is 0 Å². The van der Waals surface area contributed by atoms with Gasteiger partial charge in [-0.15, -0.1) is 0 Å². The standard InChI is InChI=1S/C30H45N5O6/c1-30(2,3)27(33-29(38)40-5)28(37)32-25(18-21-8-12-24(39-4)13-9-21)26(36)20-35(31)19-22-6-10-23(11-7-22)34-14-16-41-17-15-34/h6-13,25-27,36H,14-20,31H2,1-5H3,(H,32,37)(H,33,38)/t25-,26-,27+/m0/s1. The largest absolute Gasteiger partial charge is 0.497 e. The zero-order valence-electron chi connectivity index (χ0n) is 24.8. The fourth-order valence-corrected chi connectivity index (χ4v) is 4.72. The summed E-state index contributed by atoms with van der Waals surface area (Å²) in [5, 5.41) is 18.4. The first-order valence-electron chi connectivity index (χ1n) is 13.9. The zero-order valence-corrected chi connectivity index (χ0v) is 24.8. The molecule has 0 bridgehead atoms. The number of amides is 2. The Morgan fingerprint density at radius 2 is 1.63 bits per heavy atom. The fourth-order valence-electron chi connectivity index (χ4n) is 4.72. The molecule has 11 nitrogen and oxygen atoms in total. The lowest BCUT2D eigenvalue weighted by molar-refractivity contribution is -0.127. The van der Waals surface area contributed by atoms with E-state index in [-0.39, 0.29) is 6.54 Å². The van der Waals surface area contributed by atoms with E-state index in [4.69, 9.17) is 20.1 Å². The van der Waals surface area contributed by atoms with Gasteiger partial charge in [-0.1, -0.05) is 45.0 Å². The summed E-state index contributed by atoms with van der Waals surface area (Å²) in [7, 11) is 2.84. The van der Waals surface area contributed by atoms with Crippen molar-refractivity contribution in [1.29, 1.82) is 0 Å². The predicted molar refractivity (Wildman–Crippen MR) is 157 cm³/mol. The van der Waals surface area contributed by atoms with Crippen molar-refractivity contribution < 1.29 is 28.9 Å². The SMILES string of the molecule is COC(=O)N[C@H](C(=O)N[C@@H](Cc1ccc(OC)cc1)[C@@H](O)CN(N)Cc1ccc(N2CCOCC2)cc1)C(C)(C)C. The molecule has 41 heavy (non-hydrogen) atoms. The quantitative estimate of drug-likeness (QED) is 0.223. The smallest absolute Gasteiger partial charge is 0.407 e. The van der Waals surface area contributed by atoms with E-state index in [9.17, 15) is 14.7 Å². The third kappa shape index (κ3) is 9.89. The minimum Gasteiger partial charge on any atom is -0.497 e. The van der Waals surface area contributed by atoms with Crippen LogP contribution in [0.2, 0.25) is 0 Å². The van der Waals surface area contributed by atoms with Crippen molar-refractivity contribution in [3.63, 3.8) is 0 Å². The average Bonchev–Trinajstić information content (AvgIpc) is 2.95. The molecule has 1 fully saturated rings. The van der Waals surface area contributed by atoms with Crippen molar-refractivity contribution in [2.24, 2.45) is 11.3 Å². The van der Waals surface area contributed by atoms with Crippen LogP contribution in [0.1, 0.15) is 31.9 Å². The van der Waals surface area contributed by atoms with Crippen LogP contribution in [0, 0.1) is 5.41 Å². The highest BCUT2D eigenvalue weighted by Crippen LogP contribution is 2.21. The van der Waals surface area contributed by atoms with Gasteiger partial charge in [0.25, 0.3) is 0 Å². The highest BCUT2D eigenvalue weighted by Gasteiger charge is 2.35. The van der Waals surface area contributed by atoms with E-state index in [0.717, 1.165) is 43.1 Å². The van der Waals surface area contributed by atoms with Crippen molar-refractivity contribution in [2.45, 2.75) is 51.9 Å². The molecule has 3 rings (SSSR count). The number of nitrogens with two attached hydrogens (primary N) is 1. The van der Waals surface area contributed by atoms with Gasteiger partial charge in [-0.05, 0) is 47.2 Å². The van der Waals surface area contributed by atoms with Crippen molar-refractivity contribution in [3.05, 3.63) is 59.7 Å². The lowest BCUT2D eigenvalue weighted by Crippen LogP contribution is -2.58. The normalized spacial score (nSPS) is 16.0. The van der Waals surface area contributed by atoms with E-state index in [1.54, 1.807) is 7.11 Å². The second-order valence-electron chi connectivity index (χ2n) is 11.4. The van der Waals surface area contributed by atoms with Crippen LogP contribution in [-0.2, 0) is 27.2 Å². The molecule has 1 saturated heterocycles. The number of rotatable bonds is 12. The number of aliphatic hydroxyl groups is 1. The molecular formula is C30H45N5O6. The molecule has 0 spiro atoms. The Morgan fingerprint density at radius 3 is 2.20 bits per heavy atom. The van der Waals surface area contributed by atoms with E-state index in [1.165, 1.54) is 12.1 Å². The van der Waals surface area contributed by atoms with Crippen LogP contribution in [0.25, 0.3) is 0 Å². The number of morpholine rings is 1. The lowest BCUT2D eigenvalue weighted by Gasteiger charge is -2.33. The van der Waals surface area contributed by atoms with Gasteiger partial charge in [0, 0.05) is 31.9 Å². The lowest BCUT2D eigenvalue weighted by atomic mass is 9.85. The number of nitrogens with zero attached hydrogens (tertiary/aromatic N) is 2. The van der Waals surface area contributed by atoms with Crippen molar-refractivity contribution in [3.8, 4) is 5.75 Å². The summed E-state index contributed by atoms with van der Waals surface area (Å²) in [4.78, 5) is 27.7. The molecule has 0 radical (unpaired) electrons. The monoisotopic (exact) mass is 571 g/mol. The number of carbonyl (C=O) groups is 2. The topological polar surface area (TPSA) is 139 Å². The molecule has 2 aromatic rings. The number of hydrazine groups is 1. The van der Waals surface area contributed by atoms with E-state index in [1.807, 2.05) is 57.2 Å². The molecule has 226 valence electrons. The molecule has 1 aliphatic rings. The Kier molecular flexibility index (Phi) is 11.8. The summed E-state index contributed by atoms with van der Waals surface area (Å²) in [6.07, 6.45) is -1.37. The van der Waals surface area contributed by atoms with Gasteiger partial charge in [0.05, 0.1) is 39.6 Å². The summed E-state index contributed by atoms with van der Waals surface area (Å²) < 4.78 is 15.4. The Morgan fingerprint density at radius 1 is 1.02 bits per heavy atom. The summed E-state index contributed by atoms with van der Waals surface area (Å²) >= 11 is 0. The molecule has 2 aromatic carbocycles. The van der Waals surface area contributed by atoms with Crippen LogP contribution < -0.4 is 26.1 Å². The molecule has 1 heterocycles. The van der Waals surface area contributed by atoms with Crippen LogP contribution in [-0.4, -0.2) is 87.4 Å². The van der Waals surface area contributed by atoms with Gasteiger partial charge >= 0.3 is 6.09 Å². The minimum atomic E-state index is -1.00. The minimum absolute atomic E-state index is 0.108. The Balaban J connectivity index is 1.70. The van der Waals surface area contributed by atoms with Gasteiger partial charge in [-0.25, -0.2) is 9.80 Å². The van der Waals surface area contributed by atoms with Gasteiger partial charge in [0.2, 0.25) is 5.91 Å². The highest BCUT2D eigenvalue weighted by molar-refractivity contribution is 5.86. The number of methoxy groups -OCH3 is 2. The number of benzene rings is 2. The van der Waals surface area contributed by atoms with E-state index in [0.29, 0.717) is 18.7 Å². The van der Waals surface area contributed by atoms with Crippen LogP contribution in [0.5, 0.6) is 5.75 Å². The fraction of sp³-hybridized carbons (Fsp3) is 0.533. The summed E-state index contributed by atoms with van der Waals surface area (Å²) in [6.45, 7) is 9.22. The van der Waals surface area contributed by atoms with Crippen molar-refractivity contribution in [1.82, 2.24) is 15.6 Å². The summed E-state index contributed by atoms with van der Waals surface area (Å²) in [5.74, 6) is 6.62. The Hall–Kier alpha value is -3.38. The van der Waals surface area contributed by atoms with Crippen molar-refractivity contribution in [2.75, 3.05) is 52.0 Å². The third-order valence-electron chi connectivity index (χ3n) is 7.10. The van der Waals surface area contributed by atoms with Gasteiger partial charge in [0.15, 0.2) is 0 Å². The summed E-state index contributed by atoms with van der Waals surface area (Å²) in [5.41, 5.74) is 2.42. The first-order valence-corrected chi connectivity index (χ1v) is 13.9. The first-order chi connectivity index (χ1) is 19.5. The van der Waals surface area contributed by atoms with Gasteiger partial charge < -0.3 is 34.9 Å². The summed E-state index contributed by atoms with van der Waals surface area (Å²) in [6, 6.07) is 14.0. The maximum absolute atomic E-state index is 13.4. The molecule has 11 heteroatoms. The van der Waals surface area contributed by atoms with Crippen LogP contribution in [0.4, 0.5) is 10.5 Å². The first kappa shape index (κ1) is 32.1. The molecule has 2 amide bonds. The molecule has 0 unspecified atom stereocenters. The molecule has 3 atom stereocenters. The molecular weight excluding hydrogens is 526 g/mol. The highest BCUT2D eigenvalue weighted by atomic mass is 16.5. The number of carbonyl (C=O) groups excluding carboxylic acids is 2. The van der Waals surface area contributed by atoms with Crippen LogP contribution in [0.15, 0.2) is 48.5 Å². The molecule has 0 aliphatic carbocycles. The maximum atomic E-state index is 13.4. The zero-order chi connectivity index (χ0) is 30.0. The van der Waals surface area contributed by atoms with Crippen molar-refractivity contribution >= 4 is 17.7 Å². The number of hydrogen-bond donors (Lipinski definition) is 4. The number of ether oxygens (including phenoxy) is 3. The van der Waals surface area contributed by atoms with Crippen LogP contribution >= 0.6 is 0 Å². The second kappa shape index (κ2) is 15.0. The number of nitrogens with one attached hydrogen (secondary N) is 2. The Labute approximate surface area is 242 Å². The second-order valence-corrected chi connectivity index (χ2v) is 11.4. The number of alkyl carbamates (subject to hydrolysis) is 1. The van der Waals surface area contributed by atoms with Gasteiger partial charge in [-0.3, -0.25) is 10.6 Å². The van der Waals surface area contributed by atoms with E-state index in [2.05, 4.69) is 27.7 Å². The van der Waals surface area contributed by atoms with Gasteiger partial charge in [0.1, 0.15) is 11.8 Å². The number of hydrogen-bond acceptors (Lipinski definition) is 9. The van der Waals surface area contributed by atoms with E-state index >= 15 is 0 Å². The third-order valence-corrected chi connectivity index (χ3v) is 7.10. The predicted octanol–water partition coefficient (Wildman–Crippen LogP) is 2.07. The van der Waals surface area contributed by atoms with E-state index < -0.39 is 35.6 Å². The average molecular weight is 572 g/mol.